The van der Waals surface area contributed by atoms with Gasteiger partial charge in [0, 0.05) is 56.4 Å². The minimum Gasteiger partial charge on any atom is -0.326 e. The van der Waals surface area contributed by atoms with Gasteiger partial charge in [0.25, 0.3) is 0 Å². The molecular weight excluding hydrogens is 416 g/mol. The number of anilines is 2. The van der Waals surface area contributed by atoms with E-state index in [1.165, 1.54) is 24.1 Å². The molecule has 1 N–H and O–H groups in total. The highest BCUT2D eigenvalue weighted by molar-refractivity contribution is 5.76. The molecule has 0 unspecified atom stereocenters. The van der Waals surface area contributed by atoms with Gasteiger partial charge in [-0.2, -0.15) is 0 Å². The van der Waals surface area contributed by atoms with Crippen molar-refractivity contribution < 1.29 is 4.79 Å². The topological polar surface area (TPSA) is 94.1 Å². The summed E-state index contributed by atoms with van der Waals surface area (Å²) in [5, 5.41) is 14.1. The van der Waals surface area contributed by atoms with E-state index >= 15 is 0 Å². The van der Waals surface area contributed by atoms with Crippen LogP contribution in [0, 0.1) is 5.92 Å². The van der Waals surface area contributed by atoms with Crippen molar-refractivity contribution in [2.45, 2.75) is 31.1 Å². The molecule has 6 rings (SSSR count). The molecule has 1 saturated carbocycles. The van der Waals surface area contributed by atoms with Gasteiger partial charge in [-0.25, -0.2) is 14.9 Å². The van der Waals surface area contributed by atoms with E-state index in [1.807, 2.05) is 22.1 Å². The number of nitrogens with zero attached hydrogens (tertiary/aromatic N) is 7. The Morgan fingerprint density at radius 3 is 2.52 bits per heavy atom. The number of nitrogens with one attached hydrogen (secondary N) is 1. The van der Waals surface area contributed by atoms with Crippen LogP contribution < -0.4 is 4.90 Å². The molecule has 1 atom stereocenters. The average Bonchev–Trinajstić information content (AvgIpc) is 3.25. The normalized spacial score (nSPS) is 20.7. The van der Waals surface area contributed by atoms with Crippen molar-refractivity contribution in [2.24, 2.45) is 5.92 Å². The predicted octanol–water partition coefficient (Wildman–Crippen LogP) is 3.15. The van der Waals surface area contributed by atoms with E-state index in [9.17, 15) is 4.79 Å². The lowest BCUT2D eigenvalue weighted by Gasteiger charge is -2.41. The molecular formula is C24H28N8O. The Hall–Kier alpha value is -3.49. The molecule has 0 radical (unpaired) electrons. The number of aromatic amines is 1. The Labute approximate surface area is 192 Å². The molecule has 2 aromatic heterocycles. The van der Waals surface area contributed by atoms with Gasteiger partial charge in [0.05, 0.1) is 0 Å². The number of para-hydroxylation sites is 1. The van der Waals surface area contributed by atoms with Gasteiger partial charge in [0.2, 0.25) is 0 Å². The summed E-state index contributed by atoms with van der Waals surface area (Å²) >= 11 is 0. The molecule has 0 bridgehead atoms. The van der Waals surface area contributed by atoms with E-state index < -0.39 is 0 Å². The molecule has 0 spiro atoms. The quantitative estimate of drug-likeness (QED) is 0.628. The smallest absolute Gasteiger partial charge is 0.320 e. The Morgan fingerprint density at radius 1 is 1.00 bits per heavy atom. The number of H-pyrrole nitrogens is 1. The molecule has 3 aliphatic rings. The van der Waals surface area contributed by atoms with E-state index in [2.05, 4.69) is 61.9 Å². The number of pyridine rings is 1. The van der Waals surface area contributed by atoms with Crippen molar-refractivity contribution in [3.8, 4) is 0 Å². The zero-order valence-corrected chi connectivity index (χ0v) is 18.5. The van der Waals surface area contributed by atoms with E-state index in [4.69, 9.17) is 4.98 Å². The summed E-state index contributed by atoms with van der Waals surface area (Å²) in [5.74, 6) is 3.07. The third-order valence-electron chi connectivity index (χ3n) is 7.08. The SMILES string of the molecule is O=C(N1CC(c2ccc(N(CC3CC3)c3ccccc3)nc2)C1)N1CC[C@@H](c2nnn[nH]2)C1. The maximum absolute atomic E-state index is 12.9. The number of benzene rings is 1. The van der Waals surface area contributed by atoms with Crippen LogP contribution >= 0.6 is 0 Å². The Morgan fingerprint density at radius 2 is 1.82 bits per heavy atom. The number of carbonyl (C=O) groups excluding carboxylic acids is 1. The molecule has 2 aliphatic heterocycles. The largest absolute Gasteiger partial charge is 0.326 e. The van der Waals surface area contributed by atoms with Crippen LogP contribution in [0.25, 0.3) is 0 Å². The van der Waals surface area contributed by atoms with Gasteiger partial charge in [0.1, 0.15) is 5.82 Å². The standard InChI is InChI=1S/C24H28N8O/c33-24(30-11-10-19(14-30)23-26-28-29-27-23)31-15-20(16-31)18-8-9-22(25-12-18)32(13-17-6-7-17)21-4-2-1-3-5-21/h1-5,8-9,12,17,19-20H,6-7,10-11,13-16H2,(H,26,27,28,29)/t19-/m1/s1. The van der Waals surface area contributed by atoms with Gasteiger partial charge < -0.3 is 14.7 Å². The molecule has 2 amide bonds. The number of amides is 2. The van der Waals surface area contributed by atoms with Crippen molar-refractivity contribution >= 4 is 17.5 Å². The highest BCUT2D eigenvalue weighted by Crippen LogP contribution is 2.35. The van der Waals surface area contributed by atoms with Crippen LogP contribution in [0.5, 0.6) is 0 Å². The average molecular weight is 445 g/mol. The number of likely N-dealkylation sites (tertiary alicyclic amines) is 2. The molecule has 4 heterocycles. The fourth-order valence-electron chi connectivity index (χ4n) is 4.84. The van der Waals surface area contributed by atoms with Crippen molar-refractivity contribution in [1.82, 2.24) is 35.4 Å². The summed E-state index contributed by atoms with van der Waals surface area (Å²) in [6.07, 6.45) is 5.50. The first-order valence-electron chi connectivity index (χ1n) is 11.8. The second kappa shape index (κ2) is 8.46. The van der Waals surface area contributed by atoms with Gasteiger partial charge >= 0.3 is 6.03 Å². The monoisotopic (exact) mass is 444 g/mol. The van der Waals surface area contributed by atoms with Gasteiger partial charge in [-0.05, 0) is 59.4 Å². The van der Waals surface area contributed by atoms with Crippen LogP contribution in [-0.2, 0) is 0 Å². The van der Waals surface area contributed by atoms with Crippen molar-refractivity contribution in [2.75, 3.05) is 37.6 Å². The maximum Gasteiger partial charge on any atom is 0.320 e. The molecule has 33 heavy (non-hydrogen) atoms. The van der Waals surface area contributed by atoms with Crippen LogP contribution in [0.2, 0.25) is 0 Å². The highest BCUT2D eigenvalue weighted by atomic mass is 16.2. The predicted molar refractivity (Wildman–Crippen MR) is 123 cm³/mol. The van der Waals surface area contributed by atoms with Crippen molar-refractivity contribution in [3.63, 3.8) is 0 Å². The molecule has 9 heteroatoms. The third-order valence-corrected chi connectivity index (χ3v) is 7.08. The summed E-state index contributed by atoms with van der Waals surface area (Å²) < 4.78 is 0. The fourth-order valence-corrected chi connectivity index (χ4v) is 4.84. The van der Waals surface area contributed by atoms with Gasteiger partial charge in [-0.15, -0.1) is 5.10 Å². The minimum absolute atomic E-state index is 0.116. The molecule has 9 nitrogen and oxygen atoms in total. The lowest BCUT2D eigenvalue weighted by atomic mass is 9.93. The molecule has 3 aromatic rings. The number of carbonyl (C=O) groups is 1. The second-order valence-corrected chi connectivity index (χ2v) is 9.44. The summed E-state index contributed by atoms with van der Waals surface area (Å²) in [5.41, 5.74) is 2.39. The van der Waals surface area contributed by atoms with Crippen LogP contribution in [0.1, 0.15) is 42.5 Å². The van der Waals surface area contributed by atoms with Crippen LogP contribution in [0.4, 0.5) is 16.3 Å². The number of aromatic nitrogens is 5. The first-order valence-corrected chi connectivity index (χ1v) is 11.8. The number of tetrazole rings is 1. The zero-order chi connectivity index (χ0) is 22.2. The first-order chi connectivity index (χ1) is 16.2. The molecule has 1 aromatic carbocycles. The Balaban J connectivity index is 1.06. The Bertz CT molecular complexity index is 1080. The van der Waals surface area contributed by atoms with Gasteiger partial charge in [-0.3, -0.25) is 0 Å². The number of hydrogen-bond donors (Lipinski definition) is 1. The third kappa shape index (κ3) is 4.15. The molecule has 170 valence electrons. The van der Waals surface area contributed by atoms with Crippen LogP contribution in [-0.4, -0.2) is 74.2 Å². The first kappa shape index (κ1) is 20.1. The number of urea groups is 1. The van der Waals surface area contributed by atoms with E-state index in [0.717, 1.165) is 50.2 Å². The highest BCUT2D eigenvalue weighted by Gasteiger charge is 2.38. The summed E-state index contributed by atoms with van der Waals surface area (Å²) in [6, 6.07) is 14.9. The molecule has 2 saturated heterocycles. The van der Waals surface area contributed by atoms with Crippen molar-refractivity contribution in [1.29, 1.82) is 0 Å². The van der Waals surface area contributed by atoms with Gasteiger partial charge in [-0.1, -0.05) is 24.3 Å². The van der Waals surface area contributed by atoms with Crippen molar-refractivity contribution in [3.05, 3.63) is 60.0 Å². The summed E-state index contributed by atoms with van der Waals surface area (Å²) in [6.45, 7) is 3.93. The fraction of sp³-hybridized carbons (Fsp3) is 0.458. The van der Waals surface area contributed by atoms with Gasteiger partial charge in [0.15, 0.2) is 5.82 Å². The van der Waals surface area contributed by atoms with Crippen LogP contribution in [0.3, 0.4) is 0 Å². The molecule has 3 fully saturated rings. The number of hydrogen-bond acceptors (Lipinski definition) is 6. The number of rotatable bonds is 6. The summed E-state index contributed by atoms with van der Waals surface area (Å²) in [7, 11) is 0. The minimum atomic E-state index is 0.116. The summed E-state index contributed by atoms with van der Waals surface area (Å²) in [4.78, 5) is 23.9. The zero-order valence-electron chi connectivity index (χ0n) is 18.5. The second-order valence-electron chi connectivity index (χ2n) is 9.44. The van der Waals surface area contributed by atoms with E-state index in [1.54, 1.807) is 0 Å². The lowest BCUT2D eigenvalue weighted by Crippen LogP contribution is -2.53. The molecule has 1 aliphatic carbocycles. The maximum atomic E-state index is 12.9. The lowest BCUT2D eigenvalue weighted by molar-refractivity contribution is 0.121. The van der Waals surface area contributed by atoms with E-state index in [0.29, 0.717) is 12.5 Å². The Kier molecular flexibility index (Phi) is 5.16. The van der Waals surface area contributed by atoms with Crippen LogP contribution in [0.15, 0.2) is 48.7 Å². The van der Waals surface area contributed by atoms with E-state index in [-0.39, 0.29) is 11.9 Å².